The van der Waals surface area contributed by atoms with Gasteiger partial charge in [-0.05, 0) is 18.2 Å². The minimum absolute atomic E-state index is 0.478. The number of aromatic amines is 1. The fraction of sp³-hybridized carbons (Fsp3) is 0.133. The van der Waals surface area contributed by atoms with Crippen LogP contribution < -0.4 is 14.8 Å². The van der Waals surface area contributed by atoms with Crippen molar-refractivity contribution in [3.8, 4) is 11.5 Å². The molecule has 2 N–H and O–H groups in total. The van der Waals surface area contributed by atoms with E-state index in [2.05, 4.69) is 15.3 Å². The van der Waals surface area contributed by atoms with Crippen LogP contribution in [0.4, 0.5) is 11.6 Å². The lowest BCUT2D eigenvalue weighted by molar-refractivity contribution is 0.356. The molecule has 5 nitrogen and oxygen atoms in total. The number of aromatic nitrogens is 2. The summed E-state index contributed by atoms with van der Waals surface area (Å²) in [5.74, 6) is 1.85. The number of fused-ring (bicyclic) bond motifs is 1. The first-order valence-corrected chi connectivity index (χ1v) is 7.20. The number of hydrogen-bond acceptors (Lipinski definition) is 4. The third-order valence-electron chi connectivity index (χ3n) is 3.17. The number of nitrogens with one attached hydrogen (secondary N) is 2. The number of H-pyrrole nitrogens is 1. The molecular formula is C15H13Cl2N3O2. The molecule has 3 aromatic rings. The SMILES string of the molecule is COc1cc2nc(Nc3ccc(Cl)c(Cl)c3)[nH]c2cc1OC. The van der Waals surface area contributed by atoms with Crippen LogP contribution in [0.2, 0.25) is 10.0 Å². The molecule has 7 heteroatoms. The molecule has 0 aliphatic rings. The number of ether oxygens (including phenoxy) is 2. The number of nitrogens with zero attached hydrogens (tertiary/aromatic N) is 1. The predicted molar refractivity (Wildman–Crippen MR) is 88.9 cm³/mol. The molecule has 0 saturated carbocycles. The lowest BCUT2D eigenvalue weighted by Crippen LogP contribution is -1.91. The minimum Gasteiger partial charge on any atom is -0.493 e. The Hall–Kier alpha value is -2.11. The Morgan fingerprint density at radius 2 is 1.73 bits per heavy atom. The molecule has 1 aromatic heterocycles. The first kappa shape index (κ1) is 14.8. The topological polar surface area (TPSA) is 59.2 Å². The quantitative estimate of drug-likeness (QED) is 0.728. The molecule has 114 valence electrons. The van der Waals surface area contributed by atoms with Crippen molar-refractivity contribution in [3.63, 3.8) is 0 Å². The van der Waals surface area contributed by atoms with Gasteiger partial charge in [0.15, 0.2) is 11.5 Å². The van der Waals surface area contributed by atoms with Crippen LogP contribution >= 0.6 is 23.2 Å². The van der Waals surface area contributed by atoms with Crippen LogP contribution in [0.3, 0.4) is 0 Å². The van der Waals surface area contributed by atoms with Gasteiger partial charge in [0.05, 0.1) is 35.3 Å². The zero-order chi connectivity index (χ0) is 15.7. The number of methoxy groups -OCH3 is 2. The largest absolute Gasteiger partial charge is 0.493 e. The molecule has 0 amide bonds. The van der Waals surface area contributed by atoms with Crippen LogP contribution in [0.15, 0.2) is 30.3 Å². The molecule has 0 aliphatic carbocycles. The third-order valence-corrected chi connectivity index (χ3v) is 3.91. The second-order valence-electron chi connectivity index (χ2n) is 4.56. The fourth-order valence-corrected chi connectivity index (χ4v) is 2.40. The van der Waals surface area contributed by atoms with Crippen LogP contribution in [-0.4, -0.2) is 24.2 Å². The Kier molecular flexibility index (Phi) is 4.00. The highest BCUT2D eigenvalue weighted by atomic mass is 35.5. The van der Waals surface area contributed by atoms with E-state index in [1.807, 2.05) is 18.2 Å². The molecule has 2 aromatic carbocycles. The minimum atomic E-state index is 0.478. The summed E-state index contributed by atoms with van der Waals surface area (Å²) in [5, 5.41) is 4.13. The summed E-state index contributed by atoms with van der Waals surface area (Å²) in [5.41, 5.74) is 2.38. The van der Waals surface area contributed by atoms with Crippen molar-refractivity contribution in [2.24, 2.45) is 0 Å². The molecule has 3 rings (SSSR count). The van der Waals surface area contributed by atoms with E-state index < -0.39 is 0 Å². The van der Waals surface area contributed by atoms with Crippen molar-refractivity contribution < 1.29 is 9.47 Å². The molecule has 0 aliphatic heterocycles. The number of benzene rings is 2. The molecule has 0 radical (unpaired) electrons. The smallest absolute Gasteiger partial charge is 0.205 e. The summed E-state index contributed by atoms with van der Waals surface area (Å²) in [4.78, 5) is 7.64. The van der Waals surface area contributed by atoms with E-state index in [1.165, 1.54) is 0 Å². The summed E-state index contributed by atoms with van der Waals surface area (Å²) < 4.78 is 10.5. The summed E-state index contributed by atoms with van der Waals surface area (Å²) in [6.07, 6.45) is 0. The molecule has 0 bridgehead atoms. The van der Waals surface area contributed by atoms with E-state index in [-0.39, 0.29) is 0 Å². The summed E-state index contributed by atoms with van der Waals surface area (Å²) in [7, 11) is 3.18. The van der Waals surface area contributed by atoms with Crippen molar-refractivity contribution in [2.75, 3.05) is 19.5 Å². The molecule has 0 atom stereocenters. The van der Waals surface area contributed by atoms with E-state index in [1.54, 1.807) is 26.4 Å². The second kappa shape index (κ2) is 5.94. The normalized spacial score (nSPS) is 10.7. The number of hydrogen-bond donors (Lipinski definition) is 2. The highest BCUT2D eigenvalue weighted by molar-refractivity contribution is 6.42. The summed E-state index contributed by atoms with van der Waals surface area (Å²) in [6, 6.07) is 8.92. The van der Waals surface area contributed by atoms with Gasteiger partial charge in [-0.2, -0.15) is 0 Å². The van der Waals surface area contributed by atoms with Crippen molar-refractivity contribution in [3.05, 3.63) is 40.4 Å². The van der Waals surface area contributed by atoms with Gasteiger partial charge in [0.2, 0.25) is 5.95 Å². The van der Waals surface area contributed by atoms with E-state index in [0.717, 1.165) is 16.7 Å². The molecule has 22 heavy (non-hydrogen) atoms. The standard InChI is InChI=1S/C15H13Cl2N3O2/c1-21-13-6-11-12(7-14(13)22-2)20-15(19-11)18-8-3-4-9(16)10(17)5-8/h3-7H,1-2H3,(H2,18,19,20). The molecule has 0 saturated heterocycles. The maximum atomic E-state index is 6.00. The Labute approximate surface area is 137 Å². The van der Waals surface area contributed by atoms with Crippen LogP contribution in [0.1, 0.15) is 0 Å². The maximum Gasteiger partial charge on any atom is 0.205 e. The van der Waals surface area contributed by atoms with Gasteiger partial charge < -0.3 is 19.8 Å². The van der Waals surface area contributed by atoms with Crippen LogP contribution in [0.25, 0.3) is 11.0 Å². The number of imidazole rings is 1. The van der Waals surface area contributed by atoms with Crippen LogP contribution in [0, 0.1) is 0 Å². The second-order valence-corrected chi connectivity index (χ2v) is 5.38. The van der Waals surface area contributed by atoms with Gasteiger partial charge >= 0.3 is 0 Å². The number of rotatable bonds is 4. The van der Waals surface area contributed by atoms with E-state index in [4.69, 9.17) is 32.7 Å². The summed E-state index contributed by atoms with van der Waals surface area (Å²) >= 11 is 11.9. The average molecular weight is 338 g/mol. The van der Waals surface area contributed by atoms with Gasteiger partial charge in [0.25, 0.3) is 0 Å². The van der Waals surface area contributed by atoms with Gasteiger partial charge in [-0.15, -0.1) is 0 Å². The molecular weight excluding hydrogens is 325 g/mol. The Morgan fingerprint density at radius 3 is 2.41 bits per heavy atom. The van der Waals surface area contributed by atoms with Gasteiger partial charge in [0.1, 0.15) is 0 Å². The van der Waals surface area contributed by atoms with Crippen molar-refractivity contribution in [2.45, 2.75) is 0 Å². The highest BCUT2D eigenvalue weighted by Gasteiger charge is 2.10. The number of halogens is 2. The van der Waals surface area contributed by atoms with Crippen molar-refractivity contribution >= 4 is 45.9 Å². The third kappa shape index (κ3) is 2.77. The Morgan fingerprint density at radius 1 is 1.00 bits per heavy atom. The van der Waals surface area contributed by atoms with Crippen LogP contribution in [0.5, 0.6) is 11.5 Å². The first-order chi connectivity index (χ1) is 10.6. The summed E-state index contributed by atoms with van der Waals surface area (Å²) in [6.45, 7) is 0. The van der Waals surface area contributed by atoms with Gasteiger partial charge in [-0.25, -0.2) is 4.98 Å². The van der Waals surface area contributed by atoms with Gasteiger partial charge in [-0.1, -0.05) is 23.2 Å². The fourth-order valence-electron chi connectivity index (χ4n) is 2.11. The van der Waals surface area contributed by atoms with Gasteiger partial charge in [-0.3, -0.25) is 0 Å². The average Bonchev–Trinajstić information content (AvgIpc) is 2.90. The number of anilines is 2. The predicted octanol–water partition coefficient (Wildman–Crippen LogP) is 4.63. The van der Waals surface area contributed by atoms with Crippen LogP contribution in [-0.2, 0) is 0 Å². The highest BCUT2D eigenvalue weighted by Crippen LogP contribution is 2.32. The lowest BCUT2D eigenvalue weighted by atomic mass is 10.3. The van der Waals surface area contributed by atoms with Crippen molar-refractivity contribution in [1.29, 1.82) is 0 Å². The maximum absolute atomic E-state index is 6.00. The Balaban J connectivity index is 1.96. The molecule has 0 spiro atoms. The van der Waals surface area contributed by atoms with Gasteiger partial charge in [0, 0.05) is 17.8 Å². The molecule has 0 fully saturated rings. The first-order valence-electron chi connectivity index (χ1n) is 6.44. The van der Waals surface area contributed by atoms with E-state index >= 15 is 0 Å². The Bertz CT molecular complexity index is 792. The molecule has 0 unspecified atom stereocenters. The van der Waals surface area contributed by atoms with E-state index in [9.17, 15) is 0 Å². The van der Waals surface area contributed by atoms with Crippen molar-refractivity contribution in [1.82, 2.24) is 9.97 Å². The monoisotopic (exact) mass is 337 g/mol. The lowest BCUT2D eigenvalue weighted by Gasteiger charge is -2.06. The zero-order valence-corrected chi connectivity index (χ0v) is 13.4. The zero-order valence-electron chi connectivity index (χ0n) is 11.9. The molecule has 1 heterocycles. The van der Waals surface area contributed by atoms with E-state index in [0.29, 0.717) is 27.5 Å².